The molecule has 1 aromatic heterocycles. The molecule has 0 amide bonds. The third-order valence-electron chi connectivity index (χ3n) is 2.84. The minimum Gasteiger partial charge on any atom is -0.464 e. The summed E-state index contributed by atoms with van der Waals surface area (Å²) in [5.41, 5.74) is 1.18. The van der Waals surface area contributed by atoms with Crippen molar-refractivity contribution in [3.05, 3.63) is 22.5 Å². The van der Waals surface area contributed by atoms with Gasteiger partial charge in [0.2, 0.25) is 5.78 Å². The number of rotatable bonds is 5. The normalized spacial score (nSPS) is 10.0. The van der Waals surface area contributed by atoms with Crippen LogP contribution in [0.4, 0.5) is 0 Å². The number of methoxy groups -OCH3 is 2. The maximum Gasteiger partial charge on any atom is 0.374 e. The first-order valence-corrected chi connectivity index (χ1v) is 5.75. The highest BCUT2D eigenvalue weighted by molar-refractivity contribution is 6.38. The fraction of sp³-hybridized carbons (Fsp3) is 0.385. The van der Waals surface area contributed by atoms with Crippen molar-refractivity contribution >= 4 is 23.5 Å². The number of aromatic amines is 1. The van der Waals surface area contributed by atoms with E-state index >= 15 is 0 Å². The maximum absolute atomic E-state index is 12.0. The molecular weight excluding hydrogens is 266 g/mol. The molecule has 1 rings (SSSR count). The number of H-pyrrole nitrogens is 1. The van der Waals surface area contributed by atoms with Crippen molar-refractivity contribution in [1.82, 2.24) is 4.98 Å². The highest BCUT2D eigenvalue weighted by atomic mass is 16.5. The lowest BCUT2D eigenvalue weighted by Crippen LogP contribution is -2.19. The van der Waals surface area contributed by atoms with Crippen LogP contribution in [0.25, 0.3) is 0 Å². The molecule has 0 unspecified atom stereocenters. The van der Waals surface area contributed by atoms with Crippen molar-refractivity contribution in [2.24, 2.45) is 0 Å². The molecule has 1 aromatic rings. The Balaban J connectivity index is 3.06. The Morgan fingerprint density at radius 1 is 1.05 bits per heavy atom. The van der Waals surface area contributed by atoms with E-state index in [1.165, 1.54) is 7.11 Å². The summed E-state index contributed by atoms with van der Waals surface area (Å²) >= 11 is 0. The predicted octanol–water partition coefficient (Wildman–Crippen LogP) is 0.733. The first-order valence-electron chi connectivity index (χ1n) is 5.75. The van der Waals surface area contributed by atoms with E-state index in [2.05, 4.69) is 14.5 Å². The molecule has 1 N–H and O–H groups in total. The van der Waals surface area contributed by atoms with E-state index < -0.39 is 29.9 Å². The predicted molar refractivity (Wildman–Crippen MR) is 67.6 cm³/mol. The lowest BCUT2D eigenvalue weighted by atomic mass is 10.0. The fourth-order valence-corrected chi connectivity index (χ4v) is 1.89. The van der Waals surface area contributed by atoms with Gasteiger partial charge in [-0.2, -0.15) is 0 Å². The number of carbonyl (C=O) groups excluding carboxylic acids is 4. The van der Waals surface area contributed by atoms with Crippen molar-refractivity contribution in [2.75, 3.05) is 14.2 Å². The van der Waals surface area contributed by atoms with E-state index in [4.69, 9.17) is 0 Å². The molecule has 0 bridgehead atoms. The molecule has 0 aliphatic carbocycles. The van der Waals surface area contributed by atoms with Crippen molar-refractivity contribution < 1.29 is 28.7 Å². The summed E-state index contributed by atoms with van der Waals surface area (Å²) in [6, 6.07) is 0. The van der Waals surface area contributed by atoms with Gasteiger partial charge in [-0.25, -0.2) is 9.59 Å². The van der Waals surface area contributed by atoms with Gasteiger partial charge in [0.1, 0.15) is 5.69 Å². The van der Waals surface area contributed by atoms with E-state index in [1.807, 2.05) is 0 Å². The third-order valence-corrected chi connectivity index (χ3v) is 2.84. The molecule has 0 saturated heterocycles. The van der Waals surface area contributed by atoms with Gasteiger partial charge in [0, 0.05) is 11.3 Å². The zero-order valence-corrected chi connectivity index (χ0v) is 11.7. The van der Waals surface area contributed by atoms with Gasteiger partial charge in [-0.05, 0) is 19.4 Å². The van der Waals surface area contributed by atoms with Crippen LogP contribution < -0.4 is 0 Å². The summed E-state index contributed by atoms with van der Waals surface area (Å²) in [4.78, 5) is 48.7. The van der Waals surface area contributed by atoms with Crippen molar-refractivity contribution in [3.8, 4) is 0 Å². The van der Waals surface area contributed by atoms with E-state index in [0.717, 1.165) is 7.11 Å². The SMILES string of the molecule is COC(=O)C(=O)CC(=O)c1c(C)[nH]c(C(=O)OC)c1C. The minimum atomic E-state index is -1.07. The number of ether oxygens (including phenoxy) is 2. The molecule has 0 aliphatic heterocycles. The summed E-state index contributed by atoms with van der Waals surface area (Å²) in [6.07, 6.45) is -0.604. The smallest absolute Gasteiger partial charge is 0.374 e. The zero-order valence-electron chi connectivity index (χ0n) is 11.7. The van der Waals surface area contributed by atoms with E-state index in [1.54, 1.807) is 13.8 Å². The fourth-order valence-electron chi connectivity index (χ4n) is 1.89. The Morgan fingerprint density at radius 3 is 2.15 bits per heavy atom. The van der Waals surface area contributed by atoms with Crippen molar-refractivity contribution in [2.45, 2.75) is 20.3 Å². The number of aryl methyl sites for hydroxylation is 1. The van der Waals surface area contributed by atoms with Gasteiger partial charge in [-0.3, -0.25) is 9.59 Å². The molecule has 7 nitrogen and oxygen atoms in total. The molecular formula is C13H15NO6. The van der Waals surface area contributed by atoms with Crippen molar-refractivity contribution in [1.29, 1.82) is 0 Å². The van der Waals surface area contributed by atoms with Crippen LogP contribution in [0.2, 0.25) is 0 Å². The molecule has 0 atom stereocenters. The second-order valence-electron chi connectivity index (χ2n) is 4.13. The standard InChI is InChI=1S/C13H15NO6/c1-6-10(7(2)14-11(6)13(18)20-4)8(15)5-9(16)12(17)19-3/h14H,5H2,1-4H3. The molecule has 1 heterocycles. The van der Waals surface area contributed by atoms with Gasteiger partial charge in [0.05, 0.1) is 20.6 Å². The van der Waals surface area contributed by atoms with E-state index in [9.17, 15) is 19.2 Å². The van der Waals surface area contributed by atoms with Crippen LogP contribution in [0.1, 0.15) is 38.5 Å². The number of ketones is 2. The second-order valence-corrected chi connectivity index (χ2v) is 4.13. The lowest BCUT2D eigenvalue weighted by Gasteiger charge is -2.01. The van der Waals surface area contributed by atoms with Crippen LogP contribution in [-0.2, 0) is 19.1 Å². The Hall–Kier alpha value is -2.44. The average Bonchev–Trinajstić information content (AvgIpc) is 2.71. The third kappa shape index (κ3) is 2.93. The summed E-state index contributed by atoms with van der Waals surface area (Å²) in [5, 5.41) is 0. The lowest BCUT2D eigenvalue weighted by molar-refractivity contribution is -0.151. The monoisotopic (exact) mass is 281 g/mol. The molecule has 0 fully saturated rings. The molecule has 0 saturated carbocycles. The summed E-state index contributed by atoms with van der Waals surface area (Å²) in [5.74, 6) is -3.17. The molecule has 0 spiro atoms. The Labute approximate surface area is 115 Å². The number of Topliss-reactive ketones (excluding diaryl/α,β-unsaturated/α-hetero) is 2. The number of carbonyl (C=O) groups is 4. The second kappa shape index (κ2) is 6.14. The summed E-state index contributed by atoms with van der Waals surface area (Å²) in [6.45, 7) is 3.15. The van der Waals surface area contributed by atoms with Gasteiger partial charge in [-0.1, -0.05) is 0 Å². The van der Waals surface area contributed by atoms with E-state index in [0.29, 0.717) is 11.3 Å². The maximum atomic E-state index is 12.0. The Kier molecular flexibility index (Phi) is 4.79. The summed E-state index contributed by atoms with van der Waals surface area (Å²) in [7, 11) is 2.28. The van der Waals surface area contributed by atoms with Gasteiger partial charge < -0.3 is 14.5 Å². The van der Waals surface area contributed by atoms with Gasteiger partial charge in [0.15, 0.2) is 5.78 Å². The highest BCUT2D eigenvalue weighted by Gasteiger charge is 2.26. The van der Waals surface area contributed by atoms with Gasteiger partial charge in [0.25, 0.3) is 0 Å². The first-order chi connectivity index (χ1) is 9.33. The zero-order chi connectivity index (χ0) is 15.4. The van der Waals surface area contributed by atoms with Crippen LogP contribution in [0.5, 0.6) is 0 Å². The molecule has 108 valence electrons. The van der Waals surface area contributed by atoms with E-state index in [-0.39, 0.29) is 11.3 Å². The quantitative estimate of drug-likeness (QED) is 0.369. The number of nitrogens with one attached hydrogen (secondary N) is 1. The largest absolute Gasteiger partial charge is 0.464 e. The topological polar surface area (TPSA) is 103 Å². The highest BCUT2D eigenvalue weighted by Crippen LogP contribution is 2.20. The number of hydrogen-bond acceptors (Lipinski definition) is 6. The number of aromatic nitrogens is 1. The molecule has 0 aromatic carbocycles. The van der Waals surface area contributed by atoms with Crippen LogP contribution in [0.3, 0.4) is 0 Å². The summed E-state index contributed by atoms with van der Waals surface area (Å²) < 4.78 is 8.83. The Morgan fingerprint density at radius 2 is 1.65 bits per heavy atom. The number of hydrogen-bond donors (Lipinski definition) is 1. The Bertz CT molecular complexity index is 584. The van der Waals surface area contributed by atoms with Crippen LogP contribution >= 0.6 is 0 Å². The van der Waals surface area contributed by atoms with Gasteiger partial charge in [-0.15, -0.1) is 0 Å². The first kappa shape index (κ1) is 15.6. The molecule has 7 heteroatoms. The van der Waals surface area contributed by atoms with Gasteiger partial charge >= 0.3 is 11.9 Å². The minimum absolute atomic E-state index is 0.152. The average molecular weight is 281 g/mol. The molecule has 0 aliphatic rings. The van der Waals surface area contributed by atoms with Crippen LogP contribution in [-0.4, -0.2) is 42.7 Å². The van der Waals surface area contributed by atoms with Crippen LogP contribution in [0, 0.1) is 13.8 Å². The molecule has 0 radical (unpaired) electrons. The van der Waals surface area contributed by atoms with Crippen molar-refractivity contribution in [3.63, 3.8) is 0 Å². The van der Waals surface area contributed by atoms with Crippen LogP contribution in [0.15, 0.2) is 0 Å². The number of esters is 2. The molecule has 20 heavy (non-hydrogen) atoms.